The number of terminal acetylenes is 1. The molecule has 1 aromatic rings. The van der Waals surface area contributed by atoms with Crippen molar-refractivity contribution < 1.29 is 14.7 Å². The molecular weight excluding hydrogens is 214 g/mol. The number of carboxylic acids is 1. The molecule has 1 aromatic heterocycles. The van der Waals surface area contributed by atoms with Crippen LogP contribution in [0.15, 0.2) is 17.5 Å². The van der Waals surface area contributed by atoms with Gasteiger partial charge in [-0.25, -0.2) is 4.79 Å². The highest BCUT2D eigenvalue weighted by molar-refractivity contribution is 7.12. The summed E-state index contributed by atoms with van der Waals surface area (Å²) in [6.07, 6.45) is 4.98. The fourth-order valence-corrected chi connectivity index (χ4v) is 1.58. The minimum Gasteiger partial charge on any atom is -0.480 e. The van der Waals surface area contributed by atoms with Gasteiger partial charge in [0.1, 0.15) is 6.04 Å². The summed E-state index contributed by atoms with van der Waals surface area (Å²) in [6, 6.07) is 2.32. The van der Waals surface area contributed by atoms with E-state index in [0.717, 1.165) is 0 Å². The smallest absolute Gasteiger partial charge is 0.327 e. The Hall–Kier alpha value is -1.80. The number of rotatable bonds is 4. The maximum Gasteiger partial charge on any atom is 0.327 e. The first-order valence-electron chi connectivity index (χ1n) is 4.15. The number of carbonyl (C=O) groups excluding carboxylic acids is 1. The SMILES string of the molecule is C#CCC(NC(=O)c1cccs1)C(=O)O. The third kappa shape index (κ3) is 3.11. The van der Waals surface area contributed by atoms with Crippen LogP contribution in [0.3, 0.4) is 0 Å². The number of carbonyl (C=O) groups is 2. The van der Waals surface area contributed by atoms with E-state index in [4.69, 9.17) is 11.5 Å². The summed E-state index contributed by atoms with van der Waals surface area (Å²) in [6.45, 7) is 0. The lowest BCUT2D eigenvalue weighted by Gasteiger charge is -2.10. The lowest BCUT2D eigenvalue weighted by molar-refractivity contribution is -0.139. The van der Waals surface area contributed by atoms with Gasteiger partial charge in [-0.15, -0.1) is 23.7 Å². The molecule has 4 nitrogen and oxygen atoms in total. The summed E-state index contributed by atoms with van der Waals surface area (Å²) < 4.78 is 0. The maximum absolute atomic E-state index is 11.5. The van der Waals surface area contributed by atoms with Crippen molar-refractivity contribution in [1.82, 2.24) is 5.32 Å². The van der Waals surface area contributed by atoms with Crippen molar-refractivity contribution in [1.29, 1.82) is 0 Å². The number of thiophene rings is 1. The van der Waals surface area contributed by atoms with Crippen LogP contribution in [-0.4, -0.2) is 23.0 Å². The lowest BCUT2D eigenvalue weighted by atomic mass is 10.2. The molecule has 2 N–H and O–H groups in total. The molecule has 0 saturated carbocycles. The van der Waals surface area contributed by atoms with Crippen molar-refractivity contribution in [3.8, 4) is 12.3 Å². The van der Waals surface area contributed by atoms with Crippen LogP contribution in [0.2, 0.25) is 0 Å². The minimum absolute atomic E-state index is 0.0214. The Balaban J connectivity index is 2.64. The minimum atomic E-state index is -1.13. The van der Waals surface area contributed by atoms with Crippen LogP contribution in [0.25, 0.3) is 0 Å². The Bertz CT molecular complexity index is 391. The van der Waals surface area contributed by atoms with Crippen molar-refractivity contribution in [2.45, 2.75) is 12.5 Å². The van der Waals surface area contributed by atoms with Gasteiger partial charge in [0.25, 0.3) is 5.91 Å². The molecule has 0 radical (unpaired) electrons. The fraction of sp³-hybridized carbons (Fsp3) is 0.200. The van der Waals surface area contributed by atoms with Gasteiger partial charge in [-0.2, -0.15) is 0 Å². The fourth-order valence-electron chi connectivity index (χ4n) is 0.955. The zero-order valence-electron chi connectivity index (χ0n) is 7.77. The lowest BCUT2D eigenvalue weighted by Crippen LogP contribution is -2.40. The first-order chi connectivity index (χ1) is 7.15. The summed E-state index contributed by atoms with van der Waals surface area (Å²) in [7, 11) is 0. The molecule has 0 aliphatic carbocycles. The van der Waals surface area contributed by atoms with Crippen LogP contribution in [-0.2, 0) is 4.79 Å². The van der Waals surface area contributed by atoms with E-state index >= 15 is 0 Å². The van der Waals surface area contributed by atoms with Crippen molar-refractivity contribution in [2.75, 3.05) is 0 Å². The van der Waals surface area contributed by atoms with Crippen molar-refractivity contribution in [2.24, 2.45) is 0 Å². The zero-order chi connectivity index (χ0) is 11.3. The Morgan fingerprint density at radius 3 is 2.87 bits per heavy atom. The summed E-state index contributed by atoms with van der Waals surface area (Å²) in [5.74, 6) is 0.671. The average Bonchev–Trinajstić information content (AvgIpc) is 2.69. The first kappa shape index (κ1) is 11.3. The van der Waals surface area contributed by atoms with E-state index in [0.29, 0.717) is 4.88 Å². The van der Waals surface area contributed by atoms with Gasteiger partial charge in [0, 0.05) is 6.42 Å². The summed E-state index contributed by atoms with van der Waals surface area (Å²) >= 11 is 1.25. The molecule has 5 heteroatoms. The molecule has 0 spiro atoms. The van der Waals surface area contributed by atoms with Crippen molar-refractivity contribution >= 4 is 23.2 Å². The number of hydrogen-bond donors (Lipinski definition) is 2. The molecule has 1 atom stereocenters. The topological polar surface area (TPSA) is 66.4 Å². The molecular formula is C10H9NO3S. The molecule has 0 aliphatic heterocycles. The molecule has 0 bridgehead atoms. The van der Waals surface area contributed by atoms with Crippen LogP contribution >= 0.6 is 11.3 Å². The highest BCUT2D eigenvalue weighted by Gasteiger charge is 2.19. The quantitative estimate of drug-likeness (QED) is 0.747. The second kappa shape index (κ2) is 5.17. The van der Waals surface area contributed by atoms with Crippen LogP contribution in [0, 0.1) is 12.3 Å². The first-order valence-corrected chi connectivity index (χ1v) is 5.03. The Morgan fingerprint density at radius 2 is 2.40 bits per heavy atom. The summed E-state index contributed by atoms with van der Waals surface area (Å²) in [5, 5.41) is 12.8. The standard InChI is InChI=1S/C10H9NO3S/c1-2-4-7(10(13)14)11-9(12)8-5-3-6-15-8/h1,3,5-7H,4H2,(H,11,12)(H,13,14). The number of carboxylic acid groups (broad SMARTS) is 1. The van der Waals surface area contributed by atoms with Crippen LogP contribution in [0.4, 0.5) is 0 Å². The van der Waals surface area contributed by atoms with Gasteiger partial charge in [-0.05, 0) is 11.4 Å². The van der Waals surface area contributed by atoms with E-state index < -0.39 is 17.9 Å². The van der Waals surface area contributed by atoms with E-state index in [1.807, 2.05) is 0 Å². The highest BCUT2D eigenvalue weighted by Crippen LogP contribution is 2.08. The zero-order valence-corrected chi connectivity index (χ0v) is 8.58. The van der Waals surface area contributed by atoms with E-state index in [1.54, 1.807) is 17.5 Å². The molecule has 15 heavy (non-hydrogen) atoms. The second-order valence-electron chi connectivity index (χ2n) is 2.75. The van der Waals surface area contributed by atoms with Gasteiger partial charge in [0.2, 0.25) is 0 Å². The van der Waals surface area contributed by atoms with Gasteiger partial charge in [0.15, 0.2) is 0 Å². The molecule has 78 valence electrons. The number of hydrogen-bond acceptors (Lipinski definition) is 3. The molecule has 0 aromatic carbocycles. The van der Waals surface area contributed by atoms with Crippen LogP contribution in [0.5, 0.6) is 0 Å². The Morgan fingerprint density at radius 1 is 1.67 bits per heavy atom. The molecule has 0 fully saturated rings. The van der Waals surface area contributed by atoms with E-state index in [9.17, 15) is 9.59 Å². The largest absolute Gasteiger partial charge is 0.480 e. The van der Waals surface area contributed by atoms with Gasteiger partial charge in [-0.3, -0.25) is 4.79 Å². The molecule has 1 unspecified atom stereocenters. The second-order valence-corrected chi connectivity index (χ2v) is 3.70. The van der Waals surface area contributed by atoms with Crippen LogP contribution in [0.1, 0.15) is 16.1 Å². The van der Waals surface area contributed by atoms with E-state index in [-0.39, 0.29) is 6.42 Å². The third-order valence-corrected chi connectivity index (χ3v) is 2.54. The van der Waals surface area contributed by atoms with Gasteiger partial charge >= 0.3 is 5.97 Å². The molecule has 1 amide bonds. The van der Waals surface area contributed by atoms with E-state index in [2.05, 4.69) is 11.2 Å². The molecule has 1 heterocycles. The Labute approximate surface area is 90.9 Å². The van der Waals surface area contributed by atoms with Gasteiger partial charge in [0.05, 0.1) is 4.88 Å². The predicted octanol–water partition coefficient (Wildman–Crippen LogP) is 0.954. The van der Waals surface area contributed by atoms with Gasteiger partial charge < -0.3 is 10.4 Å². The predicted molar refractivity (Wildman–Crippen MR) is 56.7 cm³/mol. The van der Waals surface area contributed by atoms with Crippen LogP contribution < -0.4 is 5.32 Å². The summed E-state index contributed by atoms with van der Waals surface area (Å²) in [5.41, 5.74) is 0. The third-order valence-electron chi connectivity index (χ3n) is 1.67. The number of amides is 1. The normalized spacial score (nSPS) is 11.4. The number of aliphatic carboxylic acids is 1. The maximum atomic E-state index is 11.5. The highest BCUT2D eigenvalue weighted by atomic mass is 32.1. The molecule has 0 aliphatic rings. The van der Waals surface area contributed by atoms with E-state index in [1.165, 1.54) is 11.3 Å². The molecule has 1 rings (SSSR count). The average molecular weight is 223 g/mol. The molecule has 0 saturated heterocycles. The van der Waals surface area contributed by atoms with Crippen molar-refractivity contribution in [3.63, 3.8) is 0 Å². The summed E-state index contributed by atoms with van der Waals surface area (Å²) in [4.78, 5) is 22.6. The number of nitrogens with one attached hydrogen (secondary N) is 1. The monoisotopic (exact) mass is 223 g/mol. The van der Waals surface area contributed by atoms with Gasteiger partial charge in [-0.1, -0.05) is 6.07 Å². The Kier molecular flexibility index (Phi) is 3.89. The van der Waals surface area contributed by atoms with Crippen molar-refractivity contribution in [3.05, 3.63) is 22.4 Å².